The van der Waals surface area contributed by atoms with E-state index in [9.17, 15) is 4.79 Å². The first-order valence-corrected chi connectivity index (χ1v) is 10.8. The monoisotopic (exact) mass is 439 g/mol. The Morgan fingerprint density at radius 3 is 2.77 bits per heavy atom. The summed E-state index contributed by atoms with van der Waals surface area (Å²) >= 11 is 6.26. The van der Waals surface area contributed by atoms with Gasteiger partial charge in [0.15, 0.2) is 0 Å². The second kappa shape index (κ2) is 9.58. The molecule has 31 heavy (non-hydrogen) atoms. The summed E-state index contributed by atoms with van der Waals surface area (Å²) in [5.41, 5.74) is 2.99. The summed E-state index contributed by atoms with van der Waals surface area (Å²) < 4.78 is 7.68. The second-order valence-electron chi connectivity index (χ2n) is 7.74. The van der Waals surface area contributed by atoms with Gasteiger partial charge in [0.05, 0.1) is 25.4 Å². The van der Waals surface area contributed by atoms with Gasteiger partial charge in [-0.2, -0.15) is 5.10 Å². The van der Waals surface area contributed by atoms with Gasteiger partial charge in [0, 0.05) is 30.6 Å². The zero-order valence-corrected chi connectivity index (χ0v) is 18.5. The Bertz CT molecular complexity index is 1050. The Balaban J connectivity index is 1.35. The summed E-state index contributed by atoms with van der Waals surface area (Å²) in [5, 5.41) is 5.08. The van der Waals surface area contributed by atoms with Gasteiger partial charge in [-0.25, -0.2) is 9.67 Å². The van der Waals surface area contributed by atoms with Crippen LogP contribution in [0.1, 0.15) is 41.0 Å². The summed E-state index contributed by atoms with van der Waals surface area (Å²) in [6.07, 6.45) is 2.76. The van der Waals surface area contributed by atoms with Crippen LogP contribution in [0.15, 0.2) is 42.6 Å². The van der Waals surface area contributed by atoms with Crippen LogP contribution in [-0.2, 0) is 22.5 Å². The highest BCUT2D eigenvalue weighted by Crippen LogP contribution is 2.23. The zero-order chi connectivity index (χ0) is 21.8. The van der Waals surface area contributed by atoms with Crippen LogP contribution in [0.4, 0.5) is 0 Å². The number of amides is 1. The lowest BCUT2D eigenvalue weighted by molar-refractivity contribution is -0.139. The van der Waals surface area contributed by atoms with Gasteiger partial charge in [-0.3, -0.25) is 9.78 Å². The van der Waals surface area contributed by atoms with E-state index >= 15 is 0 Å². The van der Waals surface area contributed by atoms with E-state index < -0.39 is 0 Å². The maximum absolute atomic E-state index is 12.7. The first-order valence-electron chi connectivity index (χ1n) is 10.5. The Labute approximate surface area is 187 Å². The number of benzene rings is 1. The molecule has 1 amide bonds. The highest BCUT2D eigenvalue weighted by atomic mass is 35.5. The SMILES string of the molecule is Cc1nc(C)n(CCC(=O)N2CCO[C@@H](c3ccc(Cc4ccccc4Cl)cn3)C2)n1. The van der Waals surface area contributed by atoms with Crippen LogP contribution in [0, 0.1) is 13.8 Å². The maximum Gasteiger partial charge on any atom is 0.224 e. The number of pyridine rings is 1. The van der Waals surface area contributed by atoms with Crippen molar-refractivity contribution in [3.8, 4) is 0 Å². The van der Waals surface area contributed by atoms with Crippen LogP contribution in [-0.4, -0.2) is 50.3 Å². The maximum atomic E-state index is 12.7. The average Bonchev–Trinajstić information content (AvgIpc) is 3.11. The molecule has 0 bridgehead atoms. The molecule has 0 spiro atoms. The zero-order valence-electron chi connectivity index (χ0n) is 17.8. The second-order valence-corrected chi connectivity index (χ2v) is 8.15. The number of hydrogen-bond acceptors (Lipinski definition) is 5. The van der Waals surface area contributed by atoms with E-state index in [1.807, 2.05) is 61.3 Å². The van der Waals surface area contributed by atoms with E-state index in [2.05, 4.69) is 15.1 Å². The molecule has 1 fully saturated rings. The lowest BCUT2D eigenvalue weighted by Crippen LogP contribution is -2.42. The van der Waals surface area contributed by atoms with Crippen LogP contribution in [0.25, 0.3) is 0 Å². The first-order chi connectivity index (χ1) is 15.0. The average molecular weight is 440 g/mol. The summed E-state index contributed by atoms with van der Waals surface area (Å²) in [6, 6.07) is 11.8. The number of carbonyl (C=O) groups excluding carboxylic acids is 1. The van der Waals surface area contributed by atoms with Crippen LogP contribution >= 0.6 is 11.6 Å². The number of morpholine rings is 1. The fraction of sp³-hybridized carbons (Fsp3) is 0.391. The highest BCUT2D eigenvalue weighted by Gasteiger charge is 2.26. The minimum atomic E-state index is -0.220. The number of ether oxygens (including phenoxy) is 1. The van der Waals surface area contributed by atoms with E-state index in [-0.39, 0.29) is 12.0 Å². The quantitative estimate of drug-likeness (QED) is 0.587. The Kier molecular flexibility index (Phi) is 6.63. The number of aromatic nitrogens is 4. The third-order valence-corrected chi connectivity index (χ3v) is 5.82. The van der Waals surface area contributed by atoms with Crippen LogP contribution in [0.3, 0.4) is 0 Å². The molecular formula is C23H26ClN5O2. The van der Waals surface area contributed by atoms with Crippen molar-refractivity contribution in [3.63, 3.8) is 0 Å². The van der Waals surface area contributed by atoms with Gasteiger partial charge >= 0.3 is 0 Å². The number of aryl methyl sites for hydroxylation is 3. The standard InChI is InChI=1S/C23H26ClN5O2/c1-16-26-17(2)29(27-16)10-9-23(30)28-11-12-31-22(15-28)21-8-7-18(14-25-21)13-19-5-3-4-6-20(19)24/h3-8,14,22H,9-13,15H2,1-2H3/t22-/m1/s1. The molecule has 0 aliphatic carbocycles. The van der Waals surface area contributed by atoms with Crippen molar-refractivity contribution in [2.75, 3.05) is 19.7 Å². The summed E-state index contributed by atoms with van der Waals surface area (Å²) in [7, 11) is 0. The van der Waals surface area contributed by atoms with E-state index in [0.29, 0.717) is 32.7 Å². The molecule has 8 heteroatoms. The van der Waals surface area contributed by atoms with Gasteiger partial charge < -0.3 is 9.64 Å². The van der Waals surface area contributed by atoms with Crippen molar-refractivity contribution in [2.45, 2.75) is 39.3 Å². The third kappa shape index (κ3) is 5.29. The minimum absolute atomic E-state index is 0.0937. The molecule has 1 aliphatic rings. The Hall–Kier alpha value is -2.77. The number of hydrogen-bond donors (Lipinski definition) is 0. The van der Waals surface area contributed by atoms with Crippen molar-refractivity contribution in [2.24, 2.45) is 0 Å². The summed E-state index contributed by atoms with van der Waals surface area (Å²) in [4.78, 5) is 23.5. The van der Waals surface area contributed by atoms with Gasteiger partial charge in [-0.15, -0.1) is 0 Å². The van der Waals surface area contributed by atoms with Gasteiger partial charge in [0.2, 0.25) is 5.91 Å². The number of nitrogens with zero attached hydrogens (tertiary/aromatic N) is 5. The molecule has 0 N–H and O–H groups in total. The topological polar surface area (TPSA) is 73.1 Å². The largest absolute Gasteiger partial charge is 0.368 e. The van der Waals surface area contributed by atoms with E-state index in [1.165, 1.54) is 0 Å². The van der Waals surface area contributed by atoms with Crippen LogP contribution in [0.5, 0.6) is 0 Å². The van der Waals surface area contributed by atoms with E-state index in [4.69, 9.17) is 16.3 Å². The van der Waals surface area contributed by atoms with Crippen molar-refractivity contribution >= 4 is 17.5 Å². The van der Waals surface area contributed by atoms with Gasteiger partial charge in [-0.1, -0.05) is 35.9 Å². The number of rotatable bonds is 6. The Morgan fingerprint density at radius 2 is 2.06 bits per heavy atom. The van der Waals surface area contributed by atoms with Gasteiger partial charge in [0.1, 0.15) is 17.8 Å². The molecule has 4 rings (SSSR count). The number of halogens is 1. The summed E-state index contributed by atoms with van der Waals surface area (Å²) in [6.45, 7) is 5.88. The predicted octanol–water partition coefficient (Wildman–Crippen LogP) is 3.52. The molecule has 162 valence electrons. The van der Waals surface area contributed by atoms with E-state index in [1.54, 1.807) is 4.68 Å². The molecule has 0 radical (unpaired) electrons. The van der Waals surface area contributed by atoms with Gasteiger partial charge in [0.25, 0.3) is 0 Å². The molecule has 3 aromatic rings. The fourth-order valence-corrected chi connectivity index (χ4v) is 3.98. The van der Waals surface area contributed by atoms with Crippen LogP contribution in [0.2, 0.25) is 5.02 Å². The molecule has 2 aromatic heterocycles. The molecule has 0 unspecified atom stereocenters. The molecule has 1 atom stereocenters. The van der Waals surface area contributed by atoms with Crippen molar-refractivity contribution < 1.29 is 9.53 Å². The lowest BCUT2D eigenvalue weighted by atomic mass is 10.1. The van der Waals surface area contributed by atoms with Crippen molar-refractivity contribution in [1.29, 1.82) is 0 Å². The molecule has 1 saturated heterocycles. The molecule has 0 saturated carbocycles. The smallest absolute Gasteiger partial charge is 0.224 e. The predicted molar refractivity (Wildman–Crippen MR) is 118 cm³/mol. The fourth-order valence-electron chi connectivity index (χ4n) is 3.78. The highest BCUT2D eigenvalue weighted by molar-refractivity contribution is 6.31. The van der Waals surface area contributed by atoms with Crippen LogP contribution < -0.4 is 0 Å². The van der Waals surface area contributed by atoms with Crippen molar-refractivity contribution in [3.05, 3.63) is 76.1 Å². The summed E-state index contributed by atoms with van der Waals surface area (Å²) in [5.74, 6) is 1.64. The third-order valence-electron chi connectivity index (χ3n) is 5.45. The van der Waals surface area contributed by atoms with E-state index in [0.717, 1.165) is 39.9 Å². The molecule has 1 aromatic carbocycles. The van der Waals surface area contributed by atoms with Crippen molar-refractivity contribution in [1.82, 2.24) is 24.6 Å². The first kappa shape index (κ1) is 21.5. The molecule has 7 nitrogen and oxygen atoms in total. The molecule has 3 heterocycles. The minimum Gasteiger partial charge on any atom is -0.368 e. The normalized spacial score (nSPS) is 16.5. The number of carbonyl (C=O) groups is 1. The van der Waals surface area contributed by atoms with Gasteiger partial charge in [-0.05, 0) is 37.1 Å². The molecule has 1 aliphatic heterocycles. The Morgan fingerprint density at radius 1 is 1.23 bits per heavy atom. The lowest BCUT2D eigenvalue weighted by Gasteiger charge is -2.32. The molecular weight excluding hydrogens is 414 g/mol.